The number of aromatic nitrogens is 2. The maximum atomic E-state index is 13.3. The molecule has 1 aromatic carbocycles. The van der Waals surface area contributed by atoms with Crippen LogP contribution in [0.4, 0.5) is 4.39 Å². The molecule has 1 aromatic heterocycles. The van der Waals surface area contributed by atoms with E-state index in [2.05, 4.69) is 15.5 Å². The fourth-order valence-electron chi connectivity index (χ4n) is 1.68. The first-order chi connectivity index (χ1) is 9.10. The Bertz CT molecular complexity index is 557. The standard InChI is InChI=1S/C13H16FN3O2/c1-8(15-3)11-5-4-10(14)6-12(11)18-7-13-16-9(2)17-19-13/h4-6,8,15H,7H2,1-3H3. The Kier molecular flexibility index (Phi) is 4.11. The number of halogens is 1. The van der Waals surface area contributed by atoms with Crippen molar-refractivity contribution >= 4 is 0 Å². The van der Waals surface area contributed by atoms with Crippen LogP contribution < -0.4 is 10.1 Å². The summed E-state index contributed by atoms with van der Waals surface area (Å²) < 4.78 is 23.8. The van der Waals surface area contributed by atoms with E-state index < -0.39 is 0 Å². The van der Waals surface area contributed by atoms with E-state index in [0.717, 1.165) is 5.56 Å². The summed E-state index contributed by atoms with van der Waals surface area (Å²) in [4.78, 5) is 4.03. The summed E-state index contributed by atoms with van der Waals surface area (Å²) in [5.74, 6) is 1.04. The van der Waals surface area contributed by atoms with Crippen LogP contribution in [0.25, 0.3) is 0 Å². The third-order valence-electron chi connectivity index (χ3n) is 2.80. The van der Waals surface area contributed by atoms with Gasteiger partial charge in [-0.15, -0.1) is 0 Å². The summed E-state index contributed by atoms with van der Waals surface area (Å²) in [5.41, 5.74) is 0.875. The number of rotatable bonds is 5. The van der Waals surface area contributed by atoms with Crippen molar-refractivity contribution in [3.63, 3.8) is 0 Å². The Hall–Kier alpha value is -1.95. The van der Waals surface area contributed by atoms with Crippen LogP contribution in [0, 0.1) is 12.7 Å². The first-order valence-corrected chi connectivity index (χ1v) is 5.99. The fraction of sp³-hybridized carbons (Fsp3) is 0.385. The molecule has 0 aliphatic heterocycles. The molecule has 6 heteroatoms. The van der Waals surface area contributed by atoms with Gasteiger partial charge in [-0.3, -0.25) is 0 Å². The third-order valence-corrected chi connectivity index (χ3v) is 2.80. The van der Waals surface area contributed by atoms with Gasteiger partial charge in [0.25, 0.3) is 5.89 Å². The molecule has 1 atom stereocenters. The minimum Gasteiger partial charge on any atom is -0.483 e. The van der Waals surface area contributed by atoms with Crippen molar-refractivity contribution in [3.05, 3.63) is 41.3 Å². The molecule has 0 saturated carbocycles. The molecule has 1 unspecified atom stereocenters. The number of ether oxygens (including phenoxy) is 1. The van der Waals surface area contributed by atoms with Crippen molar-refractivity contribution < 1.29 is 13.7 Å². The van der Waals surface area contributed by atoms with Crippen LogP contribution in [0.15, 0.2) is 22.7 Å². The lowest BCUT2D eigenvalue weighted by atomic mass is 10.1. The summed E-state index contributed by atoms with van der Waals surface area (Å²) in [6.07, 6.45) is 0. The molecule has 19 heavy (non-hydrogen) atoms. The fourth-order valence-corrected chi connectivity index (χ4v) is 1.68. The molecule has 1 heterocycles. The minimum atomic E-state index is -0.344. The van der Waals surface area contributed by atoms with E-state index in [-0.39, 0.29) is 18.5 Å². The van der Waals surface area contributed by atoms with Crippen LogP contribution in [0.2, 0.25) is 0 Å². The Morgan fingerprint density at radius 3 is 2.89 bits per heavy atom. The van der Waals surface area contributed by atoms with E-state index in [1.807, 2.05) is 14.0 Å². The Balaban J connectivity index is 2.16. The predicted molar refractivity (Wildman–Crippen MR) is 67.2 cm³/mol. The molecular formula is C13H16FN3O2. The molecule has 0 radical (unpaired) electrons. The monoisotopic (exact) mass is 265 g/mol. The highest BCUT2D eigenvalue weighted by atomic mass is 19.1. The first-order valence-electron chi connectivity index (χ1n) is 5.99. The minimum absolute atomic E-state index is 0.0556. The summed E-state index contributed by atoms with van der Waals surface area (Å²) in [7, 11) is 1.83. The number of aryl methyl sites for hydroxylation is 1. The van der Waals surface area contributed by atoms with Gasteiger partial charge in [0.1, 0.15) is 11.6 Å². The van der Waals surface area contributed by atoms with E-state index >= 15 is 0 Å². The molecule has 2 rings (SSSR count). The molecule has 0 spiro atoms. The van der Waals surface area contributed by atoms with Crippen molar-refractivity contribution in [2.24, 2.45) is 0 Å². The number of nitrogens with zero attached hydrogens (tertiary/aromatic N) is 2. The van der Waals surface area contributed by atoms with Gasteiger partial charge < -0.3 is 14.6 Å². The molecule has 1 N–H and O–H groups in total. The van der Waals surface area contributed by atoms with Gasteiger partial charge in [-0.2, -0.15) is 4.98 Å². The summed E-state index contributed by atoms with van der Waals surface area (Å²) >= 11 is 0. The second kappa shape index (κ2) is 5.79. The van der Waals surface area contributed by atoms with E-state index in [9.17, 15) is 4.39 Å². The quantitative estimate of drug-likeness (QED) is 0.899. The molecule has 5 nitrogen and oxygen atoms in total. The predicted octanol–water partition coefficient (Wildman–Crippen LogP) is 2.38. The molecular weight excluding hydrogens is 249 g/mol. The highest BCUT2D eigenvalue weighted by Gasteiger charge is 2.12. The van der Waals surface area contributed by atoms with E-state index in [1.54, 1.807) is 13.0 Å². The zero-order chi connectivity index (χ0) is 13.8. The van der Waals surface area contributed by atoms with Gasteiger partial charge in [0, 0.05) is 17.7 Å². The smallest absolute Gasteiger partial charge is 0.264 e. The van der Waals surface area contributed by atoms with E-state index in [0.29, 0.717) is 17.5 Å². The Morgan fingerprint density at radius 2 is 2.26 bits per heavy atom. The molecule has 0 saturated heterocycles. The molecule has 0 fully saturated rings. The molecule has 0 aliphatic rings. The van der Waals surface area contributed by atoms with Crippen molar-refractivity contribution in [1.82, 2.24) is 15.5 Å². The highest BCUT2D eigenvalue weighted by molar-refractivity contribution is 5.36. The topological polar surface area (TPSA) is 60.2 Å². The average molecular weight is 265 g/mol. The van der Waals surface area contributed by atoms with Crippen molar-refractivity contribution in [3.8, 4) is 5.75 Å². The van der Waals surface area contributed by atoms with Crippen molar-refractivity contribution in [2.75, 3.05) is 7.05 Å². The van der Waals surface area contributed by atoms with Gasteiger partial charge in [0.05, 0.1) is 0 Å². The number of nitrogens with one attached hydrogen (secondary N) is 1. The van der Waals surface area contributed by atoms with Gasteiger partial charge in [-0.1, -0.05) is 11.2 Å². The lowest BCUT2D eigenvalue weighted by Gasteiger charge is -2.15. The highest BCUT2D eigenvalue weighted by Crippen LogP contribution is 2.26. The number of hydrogen-bond acceptors (Lipinski definition) is 5. The maximum absolute atomic E-state index is 13.3. The van der Waals surface area contributed by atoms with E-state index in [4.69, 9.17) is 9.26 Å². The van der Waals surface area contributed by atoms with Gasteiger partial charge in [0.15, 0.2) is 12.4 Å². The lowest BCUT2D eigenvalue weighted by Crippen LogP contribution is -2.14. The molecule has 0 bridgehead atoms. The van der Waals surface area contributed by atoms with Crippen molar-refractivity contribution in [2.45, 2.75) is 26.5 Å². The van der Waals surface area contributed by atoms with Crippen LogP contribution in [0.5, 0.6) is 5.75 Å². The normalized spacial score (nSPS) is 12.4. The third kappa shape index (κ3) is 3.29. The van der Waals surface area contributed by atoms with Crippen LogP contribution in [0.1, 0.15) is 30.2 Å². The number of benzene rings is 1. The van der Waals surface area contributed by atoms with Gasteiger partial charge >= 0.3 is 0 Å². The van der Waals surface area contributed by atoms with Crippen LogP contribution in [-0.4, -0.2) is 17.2 Å². The van der Waals surface area contributed by atoms with Gasteiger partial charge in [0.2, 0.25) is 0 Å². The number of hydrogen-bond donors (Lipinski definition) is 1. The lowest BCUT2D eigenvalue weighted by molar-refractivity contribution is 0.238. The average Bonchev–Trinajstić information content (AvgIpc) is 2.81. The molecule has 2 aromatic rings. The Labute approximate surface area is 110 Å². The zero-order valence-corrected chi connectivity index (χ0v) is 11.1. The summed E-state index contributed by atoms with van der Waals surface area (Å²) in [6, 6.07) is 4.52. The summed E-state index contributed by atoms with van der Waals surface area (Å²) in [5, 5.41) is 6.76. The van der Waals surface area contributed by atoms with Crippen LogP contribution in [-0.2, 0) is 6.61 Å². The van der Waals surface area contributed by atoms with E-state index in [1.165, 1.54) is 12.1 Å². The summed E-state index contributed by atoms with van der Waals surface area (Å²) in [6.45, 7) is 3.81. The first kappa shape index (κ1) is 13.5. The van der Waals surface area contributed by atoms with Crippen molar-refractivity contribution in [1.29, 1.82) is 0 Å². The van der Waals surface area contributed by atoms with Gasteiger partial charge in [-0.05, 0) is 27.0 Å². The van der Waals surface area contributed by atoms with Crippen LogP contribution >= 0.6 is 0 Å². The maximum Gasteiger partial charge on any atom is 0.264 e. The SMILES string of the molecule is CNC(C)c1ccc(F)cc1OCc1nc(C)no1. The van der Waals surface area contributed by atoms with Crippen LogP contribution in [0.3, 0.4) is 0 Å². The van der Waals surface area contributed by atoms with Gasteiger partial charge in [-0.25, -0.2) is 4.39 Å². The zero-order valence-electron chi connectivity index (χ0n) is 11.1. The molecule has 0 amide bonds. The second-order valence-electron chi connectivity index (χ2n) is 4.22. The molecule has 102 valence electrons. The largest absolute Gasteiger partial charge is 0.483 e. The molecule has 0 aliphatic carbocycles. The Morgan fingerprint density at radius 1 is 1.47 bits per heavy atom. The second-order valence-corrected chi connectivity index (χ2v) is 4.22.